The Labute approximate surface area is 210 Å². The molecule has 3 aromatic rings. The number of hydrogen-bond acceptors (Lipinski definition) is 5. The summed E-state index contributed by atoms with van der Waals surface area (Å²) in [6.45, 7) is 1.98. The molecule has 36 heavy (non-hydrogen) atoms. The molecule has 0 unspecified atom stereocenters. The lowest BCUT2D eigenvalue weighted by atomic mass is 9.87. The van der Waals surface area contributed by atoms with E-state index in [-0.39, 0.29) is 12.5 Å². The molecule has 1 aliphatic heterocycles. The number of carbonyl (C=O) groups excluding carboxylic acids is 1. The number of methoxy groups -OCH3 is 1. The molecule has 1 amide bonds. The van der Waals surface area contributed by atoms with Crippen molar-refractivity contribution in [3.63, 3.8) is 0 Å². The molecular formula is C29H30N2O5. The summed E-state index contributed by atoms with van der Waals surface area (Å²) in [5.74, 6) is -0.301. The van der Waals surface area contributed by atoms with E-state index in [1.54, 1.807) is 7.11 Å². The smallest absolute Gasteiger partial charge is 0.408 e. The number of likely N-dealkylation sites (tertiary alicyclic amines) is 1. The molecule has 0 bridgehead atoms. The average Bonchev–Trinajstić information content (AvgIpc) is 3.23. The van der Waals surface area contributed by atoms with Gasteiger partial charge in [-0.25, -0.2) is 9.59 Å². The van der Waals surface area contributed by atoms with Crippen LogP contribution in [-0.4, -0.2) is 54.4 Å². The maximum Gasteiger partial charge on any atom is 0.408 e. The van der Waals surface area contributed by atoms with Crippen molar-refractivity contribution in [2.24, 2.45) is 0 Å². The van der Waals surface area contributed by atoms with E-state index in [1.807, 2.05) is 48.5 Å². The van der Waals surface area contributed by atoms with Crippen LogP contribution in [0, 0.1) is 0 Å². The fourth-order valence-electron chi connectivity index (χ4n) is 5.30. The molecule has 5 rings (SSSR count). The van der Waals surface area contributed by atoms with Crippen molar-refractivity contribution in [1.82, 2.24) is 10.2 Å². The molecule has 1 fully saturated rings. The number of hydrogen-bond donors (Lipinski definition) is 2. The molecule has 7 heteroatoms. The standard InChI is InChI=1S/C29H30N2O5/c1-35-21-12-10-20(11-13-21)18-31-16-14-29(15-17-31,27(32)33)30-28(34)36-19-26-24-8-4-2-6-22(24)23-7-3-5-9-25(23)26/h2-13,26H,14-19H2,1H3,(H,30,34)(H,32,33). The van der Waals surface area contributed by atoms with Crippen LogP contribution in [0.5, 0.6) is 5.75 Å². The Morgan fingerprint density at radius 3 is 2.08 bits per heavy atom. The van der Waals surface area contributed by atoms with Gasteiger partial charge in [0.15, 0.2) is 0 Å². The third-order valence-corrected chi connectivity index (χ3v) is 7.37. The third kappa shape index (κ3) is 4.66. The second-order valence-corrected chi connectivity index (χ2v) is 9.46. The number of carbonyl (C=O) groups is 2. The van der Waals surface area contributed by atoms with Crippen LogP contribution >= 0.6 is 0 Å². The van der Waals surface area contributed by atoms with Gasteiger partial charge in [-0.05, 0) is 52.8 Å². The van der Waals surface area contributed by atoms with Gasteiger partial charge in [0.25, 0.3) is 0 Å². The van der Waals surface area contributed by atoms with Gasteiger partial charge < -0.3 is 19.9 Å². The molecule has 0 aromatic heterocycles. The Morgan fingerprint density at radius 1 is 0.944 bits per heavy atom. The van der Waals surface area contributed by atoms with E-state index in [2.05, 4.69) is 34.5 Å². The highest BCUT2D eigenvalue weighted by molar-refractivity contribution is 5.85. The molecular weight excluding hydrogens is 456 g/mol. The second-order valence-electron chi connectivity index (χ2n) is 9.46. The first kappa shape index (κ1) is 23.9. The quantitative estimate of drug-likeness (QED) is 0.505. The molecule has 1 aliphatic carbocycles. The van der Waals surface area contributed by atoms with Crippen molar-refractivity contribution in [2.45, 2.75) is 30.8 Å². The number of carboxylic acids is 1. The monoisotopic (exact) mass is 486 g/mol. The van der Waals surface area contributed by atoms with E-state index in [1.165, 1.54) is 0 Å². The zero-order valence-electron chi connectivity index (χ0n) is 20.3. The van der Waals surface area contributed by atoms with Gasteiger partial charge in [-0.2, -0.15) is 0 Å². The van der Waals surface area contributed by atoms with E-state index >= 15 is 0 Å². The third-order valence-electron chi connectivity index (χ3n) is 7.37. The summed E-state index contributed by atoms with van der Waals surface area (Å²) >= 11 is 0. The highest BCUT2D eigenvalue weighted by Crippen LogP contribution is 2.44. The molecule has 1 heterocycles. The van der Waals surface area contributed by atoms with Crippen molar-refractivity contribution in [3.8, 4) is 16.9 Å². The maximum atomic E-state index is 12.8. The number of piperidine rings is 1. The van der Waals surface area contributed by atoms with Crippen LogP contribution in [0.4, 0.5) is 4.79 Å². The van der Waals surface area contributed by atoms with Gasteiger partial charge in [0.05, 0.1) is 7.11 Å². The fraction of sp³-hybridized carbons (Fsp3) is 0.310. The first-order valence-corrected chi connectivity index (χ1v) is 12.2. The summed E-state index contributed by atoms with van der Waals surface area (Å²) < 4.78 is 10.8. The lowest BCUT2D eigenvalue weighted by Crippen LogP contribution is -2.60. The highest BCUT2D eigenvalue weighted by atomic mass is 16.5. The average molecular weight is 487 g/mol. The number of ether oxygens (including phenoxy) is 2. The van der Waals surface area contributed by atoms with Crippen LogP contribution < -0.4 is 10.1 Å². The van der Waals surface area contributed by atoms with Gasteiger partial charge in [0.2, 0.25) is 0 Å². The molecule has 2 aliphatic rings. The first-order chi connectivity index (χ1) is 17.5. The number of fused-ring (bicyclic) bond motifs is 3. The molecule has 7 nitrogen and oxygen atoms in total. The Balaban J connectivity index is 1.20. The van der Waals surface area contributed by atoms with E-state index in [9.17, 15) is 14.7 Å². The topological polar surface area (TPSA) is 88.1 Å². The van der Waals surface area contributed by atoms with Gasteiger partial charge in [-0.3, -0.25) is 4.90 Å². The molecule has 186 valence electrons. The molecule has 0 spiro atoms. The number of aliphatic carboxylic acids is 1. The Bertz CT molecular complexity index is 1200. The van der Waals surface area contributed by atoms with Crippen molar-refractivity contribution >= 4 is 12.1 Å². The molecule has 0 saturated carbocycles. The predicted octanol–water partition coefficient (Wildman–Crippen LogP) is 4.65. The summed E-state index contributed by atoms with van der Waals surface area (Å²) in [5.41, 5.74) is 4.32. The minimum atomic E-state index is -1.33. The van der Waals surface area contributed by atoms with Gasteiger partial charge in [-0.15, -0.1) is 0 Å². The minimum Gasteiger partial charge on any atom is -0.497 e. The van der Waals surface area contributed by atoms with E-state index in [0.29, 0.717) is 32.5 Å². The molecule has 2 N–H and O–H groups in total. The van der Waals surface area contributed by atoms with E-state index in [4.69, 9.17) is 9.47 Å². The lowest BCUT2D eigenvalue weighted by molar-refractivity contribution is -0.147. The van der Waals surface area contributed by atoms with Crippen molar-refractivity contribution in [1.29, 1.82) is 0 Å². The first-order valence-electron chi connectivity index (χ1n) is 12.2. The Kier molecular flexibility index (Phi) is 6.65. The van der Waals surface area contributed by atoms with Crippen LogP contribution in [0.1, 0.15) is 35.4 Å². The number of nitrogens with zero attached hydrogens (tertiary/aromatic N) is 1. The van der Waals surface area contributed by atoms with Crippen molar-refractivity contribution in [2.75, 3.05) is 26.8 Å². The second kappa shape index (κ2) is 10.0. The number of nitrogens with one attached hydrogen (secondary N) is 1. The molecule has 0 radical (unpaired) electrons. The predicted molar refractivity (Wildman–Crippen MR) is 136 cm³/mol. The minimum absolute atomic E-state index is 0.0738. The van der Waals surface area contributed by atoms with Crippen molar-refractivity contribution in [3.05, 3.63) is 89.5 Å². The SMILES string of the molecule is COc1ccc(CN2CCC(NC(=O)OCC3c4ccccc4-c4ccccc43)(C(=O)O)CC2)cc1. The Morgan fingerprint density at radius 2 is 1.53 bits per heavy atom. The number of carboxylic acid groups (broad SMARTS) is 1. The number of rotatable bonds is 7. The van der Waals surface area contributed by atoms with Gasteiger partial charge in [0.1, 0.15) is 17.9 Å². The summed E-state index contributed by atoms with van der Waals surface area (Å²) in [7, 11) is 1.63. The molecule has 1 saturated heterocycles. The summed E-state index contributed by atoms with van der Waals surface area (Å²) in [6, 6.07) is 24.1. The Hall–Kier alpha value is -3.84. The summed E-state index contributed by atoms with van der Waals surface area (Å²) in [4.78, 5) is 27.2. The number of alkyl carbamates (subject to hydrolysis) is 1. The normalized spacial score (nSPS) is 16.6. The summed E-state index contributed by atoms with van der Waals surface area (Å²) in [5, 5.41) is 12.7. The number of benzene rings is 3. The van der Waals surface area contributed by atoms with Crippen LogP contribution in [0.25, 0.3) is 11.1 Å². The highest BCUT2D eigenvalue weighted by Gasteiger charge is 2.43. The van der Waals surface area contributed by atoms with Crippen LogP contribution in [0.3, 0.4) is 0 Å². The zero-order chi connectivity index (χ0) is 25.1. The van der Waals surface area contributed by atoms with Crippen LogP contribution in [0.15, 0.2) is 72.8 Å². The van der Waals surface area contributed by atoms with Gasteiger partial charge >= 0.3 is 12.1 Å². The zero-order valence-corrected chi connectivity index (χ0v) is 20.3. The fourth-order valence-corrected chi connectivity index (χ4v) is 5.30. The maximum absolute atomic E-state index is 12.8. The summed E-state index contributed by atoms with van der Waals surface area (Å²) in [6.07, 6.45) is -0.0754. The lowest BCUT2D eigenvalue weighted by Gasteiger charge is -2.39. The van der Waals surface area contributed by atoms with Crippen LogP contribution in [-0.2, 0) is 16.1 Å². The van der Waals surface area contributed by atoms with Crippen LogP contribution in [0.2, 0.25) is 0 Å². The van der Waals surface area contributed by atoms with E-state index < -0.39 is 17.6 Å². The molecule has 3 aromatic carbocycles. The van der Waals surface area contributed by atoms with E-state index in [0.717, 1.165) is 33.6 Å². The van der Waals surface area contributed by atoms with Gasteiger partial charge in [0, 0.05) is 25.6 Å². The van der Waals surface area contributed by atoms with Gasteiger partial charge in [-0.1, -0.05) is 60.7 Å². The van der Waals surface area contributed by atoms with Crippen molar-refractivity contribution < 1.29 is 24.2 Å². The molecule has 0 atom stereocenters. The number of amides is 1. The largest absolute Gasteiger partial charge is 0.497 e.